The van der Waals surface area contributed by atoms with Crippen LogP contribution in [0.1, 0.15) is 0 Å². The SMILES string of the molecule is COC(=O)NCC1CN(c2ccc(-c3ccc(N4CCS(=O)(=O)CC4)nc3)c(F)c2)C(=O)O1. The molecular formula is C21H23FN4O6S. The summed E-state index contributed by atoms with van der Waals surface area (Å²) in [5.41, 5.74) is 1.20. The second-order valence-corrected chi connectivity index (χ2v) is 10.0. The minimum atomic E-state index is -2.99. The van der Waals surface area contributed by atoms with Crippen LogP contribution in [-0.4, -0.2) is 76.5 Å². The van der Waals surface area contributed by atoms with Gasteiger partial charge in [-0.3, -0.25) is 4.90 Å². The predicted octanol–water partition coefficient (Wildman–Crippen LogP) is 1.80. The van der Waals surface area contributed by atoms with Crippen LogP contribution in [0.25, 0.3) is 11.1 Å². The number of carbonyl (C=O) groups is 2. The fourth-order valence-corrected chi connectivity index (χ4v) is 4.89. The monoisotopic (exact) mass is 478 g/mol. The van der Waals surface area contributed by atoms with Gasteiger partial charge in [-0.15, -0.1) is 0 Å². The number of hydrogen-bond donors (Lipinski definition) is 1. The van der Waals surface area contributed by atoms with Gasteiger partial charge in [-0.1, -0.05) is 0 Å². The van der Waals surface area contributed by atoms with Gasteiger partial charge in [0.05, 0.1) is 37.4 Å². The number of methoxy groups -OCH3 is 1. The van der Waals surface area contributed by atoms with Crippen molar-refractivity contribution >= 4 is 33.5 Å². The zero-order chi connectivity index (χ0) is 23.6. The van der Waals surface area contributed by atoms with Crippen LogP contribution in [0.2, 0.25) is 0 Å². The lowest BCUT2D eigenvalue weighted by atomic mass is 10.1. The summed E-state index contributed by atoms with van der Waals surface area (Å²) in [5, 5.41) is 2.46. The summed E-state index contributed by atoms with van der Waals surface area (Å²) in [7, 11) is -1.76. The Morgan fingerprint density at radius 1 is 1.27 bits per heavy atom. The van der Waals surface area contributed by atoms with Gasteiger partial charge in [0.25, 0.3) is 0 Å². The van der Waals surface area contributed by atoms with E-state index in [0.717, 1.165) is 0 Å². The molecule has 2 aliphatic rings. The van der Waals surface area contributed by atoms with Crippen molar-refractivity contribution in [2.75, 3.05) is 54.6 Å². The highest BCUT2D eigenvalue weighted by Gasteiger charge is 2.33. The van der Waals surface area contributed by atoms with Crippen LogP contribution >= 0.6 is 0 Å². The molecule has 4 rings (SSSR count). The van der Waals surface area contributed by atoms with E-state index >= 15 is 0 Å². The maximum Gasteiger partial charge on any atom is 0.414 e. The summed E-state index contributed by atoms with van der Waals surface area (Å²) in [5.74, 6) is 0.281. The number of rotatable bonds is 5. The van der Waals surface area contributed by atoms with E-state index in [2.05, 4.69) is 15.0 Å². The number of benzene rings is 1. The molecule has 1 N–H and O–H groups in total. The first kappa shape index (κ1) is 22.8. The van der Waals surface area contributed by atoms with Gasteiger partial charge in [0.1, 0.15) is 17.7 Å². The first-order valence-corrected chi connectivity index (χ1v) is 12.1. The number of nitrogens with zero attached hydrogens (tertiary/aromatic N) is 3. The molecule has 2 amide bonds. The maximum absolute atomic E-state index is 14.9. The Morgan fingerprint density at radius 2 is 2.03 bits per heavy atom. The number of amides is 2. The van der Waals surface area contributed by atoms with E-state index in [-0.39, 0.29) is 24.6 Å². The number of pyridine rings is 1. The molecule has 2 aliphatic heterocycles. The smallest absolute Gasteiger partial charge is 0.414 e. The molecule has 1 unspecified atom stereocenters. The first-order chi connectivity index (χ1) is 15.8. The van der Waals surface area contributed by atoms with E-state index < -0.39 is 33.9 Å². The lowest BCUT2D eigenvalue weighted by Gasteiger charge is -2.27. The molecule has 0 bridgehead atoms. The summed E-state index contributed by atoms with van der Waals surface area (Å²) in [6.07, 6.45) is -0.311. The highest BCUT2D eigenvalue weighted by atomic mass is 32.2. The summed E-state index contributed by atoms with van der Waals surface area (Å²) < 4.78 is 47.8. The average molecular weight is 479 g/mol. The number of nitrogens with one attached hydrogen (secondary N) is 1. The fourth-order valence-electron chi connectivity index (χ4n) is 3.69. The molecule has 0 aliphatic carbocycles. The van der Waals surface area contributed by atoms with Crippen LogP contribution < -0.4 is 15.1 Å². The normalized spacial score (nSPS) is 19.8. The number of sulfone groups is 1. The minimum absolute atomic E-state index is 0.0798. The van der Waals surface area contributed by atoms with Crippen molar-refractivity contribution < 1.29 is 31.9 Å². The van der Waals surface area contributed by atoms with Crippen molar-refractivity contribution in [1.82, 2.24) is 10.3 Å². The Morgan fingerprint density at radius 3 is 2.67 bits per heavy atom. The van der Waals surface area contributed by atoms with Gasteiger partial charge in [0, 0.05) is 30.4 Å². The molecule has 12 heteroatoms. The molecule has 3 heterocycles. The van der Waals surface area contributed by atoms with Crippen molar-refractivity contribution in [3.8, 4) is 11.1 Å². The summed E-state index contributed by atoms with van der Waals surface area (Å²) in [4.78, 5) is 30.9. The molecule has 2 fully saturated rings. The number of alkyl carbamates (subject to hydrolysis) is 1. The molecule has 0 radical (unpaired) electrons. The van der Waals surface area contributed by atoms with Crippen LogP contribution in [0.4, 0.5) is 25.5 Å². The highest BCUT2D eigenvalue weighted by molar-refractivity contribution is 7.91. The molecule has 0 saturated carbocycles. The van der Waals surface area contributed by atoms with Gasteiger partial charge in [-0.2, -0.15) is 0 Å². The lowest BCUT2D eigenvalue weighted by Crippen LogP contribution is -2.40. The number of cyclic esters (lactones) is 1. The van der Waals surface area contributed by atoms with Crippen LogP contribution in [0.15, 0.2) is 36.5 Å². The molecule has 2 aromatic rings. The number of carbonyl (C=O) groups excluding carboxylic acids is 2. The third-order valence-electron chi connectivity index (χ3n) is 5.53. The Balaban J connectivity index is 1.43. The van der Waals surface area contributed by atoms with Crippen molar-refractivity contribution in [2.45, 2.75) is 6.10 Å². The number of anilines is 2. The number of hydrogen-bond acceptors (Lipinski definition) is 8. The lowest BCUT2D eigenvalue weighted by molar-refractivity contribution is 0.132. The van der Waals surface area contributed by atoms with Crippen molar-refractivity contribution in [2.24, 2.45) is 0 Å². The second kappa shape index (κ2) is 9.22. The maximum atomic E-state index is 14.9. The first-order valence-electron chi connectivity index (χ1n) is 10.3. The van der Waals surface area contributed by atoms with Crippen molar-refractivity contribution in [3.63, 3.8) is 0 Å². The third kappa shape index (κ3) is 5.16. The topological polar surface area (TPSA) is 118 Å². The van der Waals surface area contributed by atoms with Crippen LogP contribution in [-0.2, 0) is 19.3 Å². The standard InChI is InChI=1S/C21H23FN4O6S/c1-31-20(27)24-12-16-13-26(21(28)32-16)15-3-4-17(18(22)10-15)14-2-5-19(23-11-14)25-6-8-33(29,30)9-7-25/h2-5,10-11,16H,6-9,12-13H2,1H3,(H,24,27). The molecular weight excluding hydrogens is 455 g/mol. The molecule has 0 spiro atoms. The molecule has 33 heavy (non-hydrogen) atoms. The van der Waals surface area contributed by atoms with Gasteiger partial charge in [0.2, 0.25) is 0 Å². The van der Waals surface area contributed by atoms with E-state index in [1.54, 1.807) is 24.3 Å². The zero-order valence-electron chi connectivity index (χ0n) is 17.9. The predicted molar refractivity (Wildman–Crippen MR) is 119 cm³/mol. The Labute approximate surface area is 190 Å². The van der Waals surface area contributed by atoms with Gasteiger partial charge in [0.15, 0.2) is 9.84 Å². The Bertz CT molecular complexity index is 1140. The molecule has 2 saturated heterocycles. The minimum Gasteiger partial charge on any atom is -0.453 e. The molecule has 1 atom stereocenters. The van der Waals surface area contributed by atoms with Gasteiger partial charge >= 0.3 is 12.2 Å². The van der Waals surface area contributed by atoms with Crippen LogP contribution in [0.5, 0.6) is 0 Å². The fraction of sp³-hybridized carbons (Fsp3) is 0.381. The third-order valence-corrected chi connectivity index (χ3v) is 7.13. The van der Waals surface area contributed by atoms with E-state index in [0.29, 0.717) is 35.7 Å². The van der Waals surface area contributed by atoms with E-state index in [1.165, 1.54) is 24.3 Å². The molecule has 176 valence electrons. The van der Waals surface area contributed by atoms with Gasteiger partial charge < -0.3 is 19.7 Å². The number of aromatic nitrogens is 1. The van der Waals surface area contributed by atoms with Gasteiger partial charge in [-0.05, 0) is 30.3 Å². The Hall–Kier alpha value is -3.41. The van der Waals surface area contributed by atoms with Crippen LogP contribution in [0, 0.1) is 5.82 Å². The van der Waals surface area contributed by atoms with Crippen molar-refractivity contribution in [1.29, 1.82) is 0 Å². The van der Waals surface area contributed by atoms with E-state index in [1.807, 2.05) is 4.90 Å². The number of halogens is 1. The van der Waals surface area contributed by atoms with E-state index in [9.17, 15) is 22.4 Å². The molecule has 1 aromatic heterocycles. The summed E-state index contributed by atoms with van der Waals surface area (Å²) >= 11 is 0. The summed E-state index contributed by atoms with van der Waals surface area (Å²) in [6, 6.07) is 7.87. The molecule has 10 nitrogen and oxygen atoms in total. The quantitative estimate of drug-likeness (QED) is 0.691. The average Bonchev–Trinajstić information content (AvgIpc) is 3.18. The van der Waals surface area contributed by atoms with E-state index in [4.69, 9.17) is 4.74 Å². The van der Waals surface area contributed by atoms with Crippen LogP contribution in [0.3, 0.4) is 0 Å². The van der Waals surface area contributed by atoms with Gasteiger partial charge in [-0.25, -0.2) is 27.4 Å². The molecule has 1 aromatic carbocycles. The second-order valence-electron chi connectivity index (χ2n) is 7.70. The Kier molecular flexibility index (Phi) is 6.36. The number of ether oxygens (including phenoxy) is 2. The largest absolute Gasteiger partial charge is 0.453 e. The van der Waals surface area contributed by atoms with Crippen molar-refractivity contribution in [3.05, 3.63) is 42.3 Å². The highest BCUT2D eigenvalue weighted by Crippen LogP contribution is 2.29. The zero-order valence-corrected chi connectivity index (χ0v) is 18.7. The summed E-state index contributed by atoms with van der Waals surface area (Å²) in [6.45, 7) is 0.986.